The van der Waals surface area contributed by atoms with Crippen LogP contribution in [-0.2, 0) is 4.74 Å². The van der Waals surface area contributed by atoms with E-state index in [0.717, 1.165) is 0 Å². The van der Waals surface area contributed by atoms with Gasteiger partial charge >= 0.3 is 111 Å². The van der Waals surface area contributed by atoms with Crippen molar-refractivity contribution in [2.75, 3.05) is 6.61 Å². The normalized spacial score (nSPS) is 35.9. The number of hydrogen-bond acceptors (Lipinski definition) is 6. The molecule has 1 aromatic heterocycles. The summed E-state index contributed by atoms with van der Waals surface area (Å²) in [6.07, 6.45) is -1.64. The van der Waals surface area contributed by atoms with Crippen molar-refractivity contribution in [2.45, 2.75) is 31.0 Å². The maximum absolute atomic E-state index is 11.1. The molecule has 2 rings (SSSR count). The third-order valence-electron chi connectivity index (χ3n) is 2.99. The van der Waals surface area contributed by atoms with E-state index in [0.29, 0.717) is 0 Å². The van der Waals surface area contributed by atoms with Crippen molar-refractivity contribution >= 4 is 20.7 Å². The molecule has 1 saturated heterocycles. The van der Waals surface area contributed by atoms with Crippen LogP contribution in [0.5, 0.6) is 0 Å². The Kier molecular flexibility index (Phi) is 3.59. The van der Waals surface area contributed by atoms with E-state index in [1.54, 1.807) is 0 Å². The number of rotatable bonds is 2. The number of nitrogens with zero attached hydrogens (tertiary/aromatic N) is 2. The van der Waals surface area contributed by atoms with Crippen LogP contribution in [0.2, 0.25) is 0 Å². The van der Waals surface area contributed by atoms with Gasteiger partial charge in [-0.25, -0.2) is 0 Å². The first-order valence-corrected chi connectivity index (χ1v) is 6.16. The van der Waals surface area contributed by atoms with E-state index in [-0.39, 0.29) is 4.72 Å². The molecule has 18 heavy (non-hydrogen) atoms. The summed E-state index contributed by atoms with van der Waals surface area (Å²) >= 11 is 2.59. The van der Waals surface area contributed by atoms with E-state index in [1.165, 1.54) is 23.8 Å². The van der Waals surface area contributed by atoms with Crippen molar-refractivity contribution in [2.24, 2.45) is 0 Å². The van der Waals surface area contributed by atoms with Crippen LogP contribution < -0.4 is 10.3 Å². The zero-order chi connectivity index (χ0) is 13.5. The molecular weight excluding hydrogens is 307 g/mol. The van der Waals surface area contributed by atoms with E-state index in [1.807, 2.05) is 0 Å². The monoisotopic (exact) mass is 321 g/mol. The van der Waals surface area contributed by atoms with Crippen LogP contribution in [0, 0.1) is 0 Å². The SMILES string of the molecule is CC1(O)C(n2ccc(=O)nc2[Se])OC(CO)[C@@H]1O. The Balaban J connectivity index is 2.42. The summed E-state index contributed by atoms with van der Waals surface area (Å²) in [5, 5.41) is 29.2. The van der Waals surface area contributed by atoms with Gasteiger partial charge in [-0.1, -0.05) is 0 Å². The fourth-order valence-corrected chi connectivity index (χ4v) is 2.48. The summed E-state index contributed by atoms with van der Waals surface area (Å²) in [5.41, 5.74) is -2.01. The molecule has 0 aliphatic carbocycles. The van der Waals surface area contributed by atoms with Gasteiger partial charge in [0.15, 0.2) is 0 Å². The first-order chi connectivity index (χ1) is 8.37. The number of ether oxygens (including phenoxy) is 1. The van der Waals surface area contributed by atoms with Gasteiger partial charge in [-0.05, 0) is 0 Å². The molecule has 1 aliphatic heterocycles. The summed E-state index contributed by atoms with van der Waals surface area (Å²) in [5.74, 6) is 0. The van der Waals surface area contributed by atoms with Crippen molar-refractivity contribution in [1.82, 2.24) is 9.55 Å². The average Bonchev–Trinajstić information content (AvgIpc) is 2.52. The second kappa shape index (κ2) is 4.73. The summed E-state index contributed by atoms with van der Waals surface area (Å²) in [7, 11) is 0. The predicted octanol–water partition coefficient (Wildman–Crippen LogP) is -2.96. The number of hydrogen-bond donors (Lipinski definition) is 3. The van der Waals surface area contributed by atoms with E-state index in [4.69, 9.17) is 9.84 Å². The quantitative estimate of drug-likeness (QED) is 0.503. The molecule has 3 unspecified atom stereocenters. The zero-order valence-corrected chi connectivity index (χ0v) is 11.3. The Hall–Kier alpha value is -0.761. The predicted molar refractivity (Wildman–Crippen MR) is 61.5 cm³/mol. The topological polar surface area (TPSA) is 105 Å². The van der Waals surface area contributed by atoms with Crippen molar-refractivity contribution in [3.63, 3.8) is 0 Å². The summed E-state index contributed by atoms with van der Waals surface area (Å²) in [4.78, 5) is 14.7. The van der Waals surface area contributed by atoms with Gasteiger partial charge in [-0.3, -0.25) is 0 Å². The first kappa shape index (κ1) is 13.7. The average molecular weight is 320 g/mol. The fourth-order valence-electron chi connectivity index (χ4n) is 1.97. The summed E-state index contributed by atoms with van der Waals surface area (Å²) in [6, 6.07) is 1.22. The van der Waals surface area contributed by atoms with Crippen LogP contribution in [0.25, 0.3) is 0 Å². The molecule has 1 aliphatic rings. The molecular formula is C10H13N2O5Se. The molecule has 1 aromatic rings. The van der Waals surface area contributed by atoms with E-state index >= 15 is 0 Å². The van der Waals surface area contributed by atoms with E-state index < -0.39 is 36.2 Å². The van der Waals surface area contributed by atoms with Gasteiger partial charge in [-0.2, -0.15) is 0 Å². The third kappa shape index (κ3) is 2.11. The van der Waals surface area contributed by atoms with Crippen molar-refractivity contribution in [1.29, 1.82) is 0 Å². The number of aliphatic hydroxyl groups excluding tert-OH is 2. The van der Waals surface area contributed by atoms with Crippen LogP contribution in [0.15, 0.2) is 17.1 Å². The fraction of sp³-hybridized carbons (Fsp3) is 0.600. The van der Waals surface area contributed by atoms with Crippen LogP contribution in [0.3, 0.4) is 0 Å². The Bertz CT molecular complexity index is 503. The zero-order valence-electron chi connectivity index (χ0n) is 9.55. The van der Waals surface area contributed by atoms with Gasteiger partial charge in [0.1, 0.15) is 0 Å². The molecule has 3 N–H and O–H groups in total. The van der Waals surface area contributed by atoms with Gasteiger partial charge in [-0.15, -0.1) is 0 Å². The maximum atomic E-state index is 11.1. The van der Waals surface area contributed by atoms with Crippen LogP contribution in [0.4, 0.5) is 0 Å². The Morgan fingerprint density at radius 3 is 2.83 bits per heavy atom. The Morgan fingerprint density at radius 2 is 2.33 bits per heavy atom. The first-order valence-electron chi connectivity index (χ1n) is 5.31. The van der Waals surface area contributed by atoms with E-state index in [2.05, 4.69) is 21.0 Å². The third-order valence-corrected chi connectivity index (χ3v) is 3.63. The molecule has 7 nitrogen and oxygen atoms in total. The van der Waals surface area contributed by atoms with Gasteiger partial charge < -0.3 is 0 Å². The molecule has 0 spiro atoms. The molecule has 1 radical (unpaired) electrons. The van der Waals surface area contributed by atoms with Crippen molar-refractivity contribution < 1.29 is 20.1 Å². The van der Waals surface area contributed by atoms with Crippen molar-refractivity contribution in [3.8, 4) is 0 Å². The van der Waals surface area contributed by atoms with Gasteiger partial charge in [0.05, 0.1) is 0 Å². The summed E-state index contributed by atoms with van der Waals surface area (Å²) < 4.78 is 7.03. The Morgan fingerprint density at radius 1 is 1.67 bits per heavy atom. The molecule has 8 heteroatoms. The van der Waals surface area contributed by atoms with Crippen molar-refractivity contribution in [3.05, 3.63) is 22.6 Å². The Labute approximate surface area is 111 Å². The van der Waals surface area contributed by atoms with Crippen LogP contribution >= 0.6 is 0 Å². The van der Waals surface area contributed by atoms with Crippen LogP contribution in [-0.4, -0.2) is 65.3 Å². The number of aliphatic hydroxyl groups is 3. The van der Waals surface area contributed by atoms with Gasteiger partial charge in [0, 0.05) is 0 Å². The molecule has 4 atom stereocenters. The standard InChI is InChI=1S/C10H13N2O5Se/c1-10(16)7(15)5(4-13)17-8(10)12-3-2-6(14)11-9(12)18/h2-3,5,7-8,13,15-16H,4H2,1H3/t5?,7-,8?,10?/m0/s1. The van der Waals surface area contributed by atoms with Gasteiger partial charge in [0.25, 0.3) is 0 Å². The minimum atomic E-state index is -1.59. The molecule has 0 aromatic carbocycles. The molecule has 2 heterocycles. The molecule has 0 saturated carbocycles. The second-order valence-electron chi connectivity index (χ2n) is 4.34. The molecule has 99 valence electrons. The number of aromatic nitrogens is 2. The van der Waals surface area contributed by atoms with Crippen LogP contribution in [0.1, 0.15) is 13.2 Å². The molecule has 1 fully saturated rings. The minimum absolute atomic E-state index is 0.235. The van der Waals surface area contributed by atoms with Gasteiger partial charge in [0.2, 0.25) is 0 Å². The summed E-state index contributed by atoms with van der Waals surface area (Å²) in [6.45, 7) is 0.986. The van der Waals surface area contributed by atoms with E-state index in [9.17, 15) is 15.0 Å². The molecule has 0 bridgehead atoms. The molecule has 0 amide bonds. The second-order valence-corrected chi connectivity index (χ2v) is 5.10.